The Hall–Kier alpha value is -0.370. The summed E-state index contributed by atoms with van der Waals surface area (Å²) in [5.74, 6) is 0.750. The van der Waals surface area contributed by atoms with Crippen LogP contribution in [-0.4, -0.2) is 18.0 Å². The lowest BCUT2D eigenvalue weighted by molar-refractivity contribution is -0.153. The number of hydrogen-bond acceptors (Lipinski definition) is 2. The van der Waals surface area contributed by atoms with Crippen molar-refractivity contribution in [1.82, 2.24) is 0 Å². The molecular formula is C15H28O2. The molecule has 0 aromatic carbocycles. The molecule has 1 aliphatic rings. The third-order valence-corrected chi connectivity index (χ3v) is 3.93. The van der Waals surface area contributed by atoms with Crippen LogP contribution in [0.2, 0.25) is 0 Å². The monoisotopic (exact) mass is 240 g/mol. The van der Waals surface area contributed by atoms with Gasteiger partial charge in [0, 0.05) is 13.0 Å². The summed E-state index contributed by atoms with van der Waals surface area (Å²) in [5.41, 5.74) is -0.0900. The average Bonchev–Trinajstić information content (AvgIpc) is 2.21. The first-order valence-electron chi connectivity index (χ1n) is 6.98. The lowest BCUT2D eigenvalue weighted by atomic mass is 9.68. The summed E-state index contributed by atoms with van der Waals surface area (Å²) in [5, 5.41) is 0. The first-order valence-corrected chi connectivity index (χ1v) is 6.98. The molecular weight excluding hydrogens is 212 g/mol. The van der Waals surface area contributed by atoms with Crippen LogP contribution in [0.5, 0.6) is 0 Å². The van der Waals surface area contributed by atoms with E-state index in [9.17, 15) is 4.79 Å². The fraction of sp³-hybridized carbons (Fsp3) is 0.933. The molecule has 0 spiro atoms. The molecule has 0 aromatic rings. The molecule has 0 radical (unpaired) electrons. The second-order valence-corrected chi connectivity index (χ2v) is 6.61. The molecule has 0 N–H and O–H groups in total. The number of hydrogen-bond donors (Lipinski definition) is 0. The Labute approximate surface area is 106 Å². The molecule has 0 saturated heterocycles. The Morgan fingerprint density at radius 3 is 2.12 bits per heavy atom. The Balaban J connectivity index is 2.74. The first-order chi connectivity index (χ1) is 7.81. The summed E-state index contributed by atoms with van der Waals surface area (Å²) in [7, 11) is 0. The van der Waals surface area contributed by atoms with Crippen molar-refractivity contribution >= 4 is 5.78 Å². The number of carbonyl (C=O) groups is 1. The molecule has 1 saturated carbocycles. The summed E-state index contributed by atoms with van der Waals surface area (Å²) >= 11 is 0. The third kappa shape index (κ3) is 3.80. The van der Waals surface area contributed by atoms with Gasteiger partial charge in [-0.3, -0.25) is 4.79 Å². The second-order valence-electron chi connectivity index (χ2n) is 6.61. The standard InChI is InChI=1S/C15H28O2/c1-6-17-15(13(16)11-12(2)3)9-7-14(4,5)8-10-15/h12H,6-11H2,1-5H3. The SMILES string of the molecule is CCOC1(C(=O)CC(C)C)CCC(C)(C)CC1. The molecule has 17 heavy (non-hydrogen) atoms. The lowest BCUT2D eigenvalue weighted by Gasteiger charge is -2.42. The van der Waals surface area contributed by atoms with E-state index < -0.39 is 5.60 Å². The highest BCUT2D eigenvalue weighted by Crippen LogP contribution is 2.43. The zero-order valence-corrected chi connectivity index (χ0v) is 12.1. The lowest BCUT2D eigenvalue weighted by Crippen LogP contribution is -2.46. The Morgan fingerprint density at radius 1 is 1.18 bits per heavy atom. The summed E-state index contributed by atoms with van der Waals surface area (Å²) in [6.45, 7) is 11.4. The van der Waals surface area contributed by atoms with Crippen LogP contribution in [0, 0.1) is 11.3 Å². The van der Waals surface area contributed by atoms with Crippen LogP contribution < -0.4 is 0 Å². The van der Waals surface area contributed by atoms with Crippen LogP contribution >= 0.6 is 0 Å². The molecule has 2 heteroatoms. The van der Waals surface area contributed by atoms with Gasteiger partial charge in [-0.1, -0.05) is 27.7 Å². The van der Waals surface area contributed by atoms with Gasteiger partial charge in [0.15, 0.2) is 5.78 Å². The maximum Gasteiger partial charge on any atom is 0.164 e. The first kappa shape index (κ1) is 14.7. The molecule has 1 fully saturated rings. The molecule has 0 heterocycles. The van der Waals surface area contributed by atoms with Gasteiger partial charge in [-0.15, -0.1) is 0 Å². The van der Waals surface area contributed by atoms with Gasteiger partial charge in [0.1, 0.15) is 5.60 Å². The fourth-order valence-electron chi connectivity index (χ4n) is 2.67. The summed E-state index contributed by atoms with van der Waals surface area (Å²) in [4.78, 5) is 12.4. The highest BCUT2D eigenvalue weighted by molar-refractivity contribution is 5.87. The minimum Gasteiger partial charge on any atom is -0.368 e. The minimum atomic E-state index is -0.464. The predicted molar refractivity (Wildman–Crippen MR) is 71.1 cm³/mol. The molecule has 0 unspecified atom stereocenters. The molecule has 0 aliphatic heterocycles. The smallest absolute Gasteiger partial charge is 0.164 e. The number of rotatable bonds is 5. The van der Waals surface area contributed by atoms with Crippen LogP contribution in [0.1, 0.15) is 66.7 Å². The van der Waals surface area contributed by atoms with Crippen LogP contribution in [0.25, 0.3) is 0 Å². The van der Waals surface area contributed by atoms with Crippen LogP contribution in [0.3, 0.4) is 0 Å². The van der Waals surface area contributed by atoms with Crippen LogP contribution in [0.15, 0.2) is 0 Å². The quantitative estimate of drug-likeness (QED) is 0.726. The number of ether oxygens (including phenoxy) is 1. The van der Waals surface area contributed by atoms with E-state index in [1.807, 2.05) is 6.92 Å². The second kappa shape index (κ2) is 5.51. The van der Waals surface area contributed by atoms with Gasteiger partial charge in [0.2, 0.25) is 0 Å². The summed E-state index contributed by atoms with van der Waals surface area (Å²) in [6, 6.07) is 0. The van der Waals surface area contributed by atoms with Crippen molar-refractivity contribution in [3.63, 3.8) is 0 Å². The van der Waals surface area contributed by atoms with Gasteiger partial charge in [-0.05, 0) is 43.9 Å². The molecule has 0 amide bonds. The maximum absolute atomic E-state index is 12.4. The molecule has 2 nitrogen and oxygen atoms in total. The zero-order chi connectivity index (χ0) is 13.1. The largest absolute Gasteiger partial charge is 0.368 e. The van der Waals surface area contributed by atoms with E-state index in [2.05, 4.69) is 27.7 Å². The fourth-order valence-corrected chi connectivity index (χ4v) is 2.67. The van der Waals surface area contributed by atoms with Gasteiger partial charge in [0.05, 0.1) is 0 Å². The predicted octanol–water partition coefficient (Wildman–Crippen LogP) is 3.98. The molecule has 0 atom stereocenters. The Bertz CT molecular complexity index is 256. The minimum absolute atomic E-state index is 0.324. The van der Waals surface area contributed by atoms with E-state index >= 15 is 0 Å². The molecule has 0 bridgehead atoms. The van der Waals surface area contributed by atoms with Gasteiger partial charge in [-0.2, -0.15) is 0 Å². The van der Waals surface area contributed by atoms with E-state index in [1.165, 1.54) is 0 Å². The highest BCUT2D eigenvalue weighted by atomic mass is 16.5. The van der Waals surface area contributed by atoms with E-state index in [-0.39, 0.29) is 0 Å². The van der Waals surface area contributed by atoms with Crippen molar-refractivity contribution in [3.05, 3.63) is 0 Å². The topological polar surface area (TPSA) is 26.3 Å². The number of Topliss-reactive ketones (excluding diaryl/α,β-unsaturated/α-hetero) is 1. The number of carbonyl (C=O) groups excluding carboxylic acids is 1. The Morgan fingerprint density at radius 2 is 1.71 bits per heavy atom. The van der Waals surface area contributed by atoms with Crippen molar-refractivity contribution in [1.29, 1.82) is 0 Å². The highest BCUT2D eigenvalue weighted by Gasteiger charge is 2.44. The van der Waals surface area contributed by atoms with Gasteiger partial charge in [-0.25, -0.2) is 0 Å². The third-order valence-electron chi connectivity index (χ3n) is 3.93. The Kier molecular flexibility index (Phi) is 4.77. The van der Waals surface area contributed by atoms with Gasteiger partial charge in [0.25, 0.3) is 0 Å². The van der Waals surface area contributed by atoms with Crippen molar-refractivity contribution in [2.45, 2.75) is 72.3 Å². The van der Waals surface area contributed by atoms with Crippen molar-refractivity contribution in [2.24, 2.45) is 11.3 Å². The molecule has 0 aromatic heterocycles. The maximum atomic E-state index is 12.4. The van der Waals surface area contributed by atoms with E-state index in [1.54, 1.807) is 0 Å². The van der Waals surface area contributed by atoms with Crippen molar-refractivity contribution < 1.29 is 9.53 Å². The number of ketones is 1. The van der Waals surface area contributed by atoms with E-state index in [0.29, 0.717) is 30.1 Å². The average molecular weight is 240 g/mol. The summed E-state index contributed by atoms with van der Waals surface area (Å²) in [6.07, 6.45) is 4.65. The van der Waals surface area contributed by atoms with Gasteiger partial charge >= 0.3 is 0 Å². The van der Waals surface area contributed by atoms with Crippen molar-refractivity contribution in [2.75, 3.05) is 6.61 Å². The van der Waals surface area contributed by atoms with Crippen LogP contribution in [-0.2, 0) is 9.53 Å². The summed E-state index contributed by atoms with van der Waals surface area (Å²) < 4.78 is 5.88. The molecule has 1 aliphatic carbocycles. The normalized spacial score (nSPS) is 22.7. The molecule has 100 valence electrons. The van der Waals surface area contributed by atoms with Crippen LogP contribution in [0.4, 0.5) is 0 Å². The van der Waals surface area contributed by atoms with E-state index in [0.717, 1.165) is 25.7 Å². The zero-order valence-electron chi connectivity index (χ0n) is 12.1. The van der Waals surface area contributed by atoms with Gasteiger partial charge < -0.3 is 4.74 Å². The van der Waals surface area contributed by atoms with E-state index in [4.69, 9.17) is 4.74 Å². The molecule has 1 rings (SSSR count). The van der Waals surface area contributed by atoms with Crippen molar-refractivity contribution in [3.8, 4) is 0 Å².